The second kappa shape index (κ2) is 23.8. The Kier molecular flexibility index (Phi) is 18.6. The third-order valence-electron chi connectivity index (χ3n) is 10.4. The van der Waals surface area contributed by atoms with E-state index in [9.17, 15) is 24.3 Å². The van der Waals surface area contributed by atoms with Gasteiger partial charge in [-0.3, -0.25) is 24.0 Å². The normalized spacial score (nSPS) is 21.0. The number of aliphatic hydroxyl groups excluding tert-OH is 1. The summed E-state index contributed by atoms with van der Waals surface area (Å²) in [5, 5.41) is 30.1. The van der Waals surface area contributed by atoms with Crippen molar-refractivity contribution >= 4 is 30.1 Å². The molecule has 0 saturated heterocycles. The van der Waals surface area contributed by atoms with Crippen LogP contribution in [-0.4, -0.2) is 114 Å². The standard InChI is InChI=1S/C41H56N6O8.CH2O2/c1-29-7-3-8-31(25-29)39-45-37(55-46-39)10-4-11-38(51)47-22-5-9-35(49)43-28-41(20-24-53-2,40(52)44-32-14-16-33(48)17-15-32)26-30-12-18-34(19-13-30)54-27-36(50)42-21-6-23-47;2-1-3/h3,7-8,12-13,18-19,25,32-33,48H,4-6,9-11,14-17,20-24,26-28H2,1-2H3,(H,42,50)(H,43,49)(H,44,52);1H,(H,2,3). The molecule has 2 bridgehead atoms. The van der Waals surface area contributed by atoms with Gasteiger partial charge in [0.15, 0.2) is 6.61 Å². The lowest BCUT2D eigenvalue weighted by Gasteiger charge is -2.36. The number of rotatable bonds is 10. The molecule has 3 aromatic rings. The zero-order valence-electron chi connectivity index (χ0n) is 33.6. The molecule has 1 aliphatic carbocycles. The van der Waals surface area contributed by atoms with Crippen LogP contribution in [0.2, 0.25) is 0 Å². The minimum atomic E-state index is -1.02. The van der Waals surface area contributed by atoms with Crippen LogP contribution < -0.4 is 20.7 Å². The SMILES string of the molecule is COCCC1(C(=O)NC2CCC(O)CC2)CNC(=O)CCCN(C(=O)CCCc2nc(-c3cccc(C)c3)no2)CCCNC(=O)COc2ccc(cc2)C1.O=CO. The first-order valence-corrected chi connectivity index (χ1v) is 20.0. The van der Waals surface area contributed by atoms with E-state index in [0.29, 0.717) is 108 Å². The van der Waals surface area contributed by atoms with Crippen molar-refractivity contribution in [3.63, 3.8) is 0 Å². The van der Waals surface area contributed by atoms with Crippen LogP contribution in [0.25, 0.3) is 11.4 Å². The van der Waals surface area contributed by atoms with Gasteiger partial charge in [0.2, 0.25) is 29.4 Å². The lowest BCUT2D eigenvalue weighted by molar-refractivity contribution is -0.134. The average molecular weight is 807 g/mol. The number of carbonyl (C=O) groups is 5. The van der Waals surface area contributed by atoms with E-state index in [4.69, 9.17) is 23.9 Å². The van der Waals surface area contributed by atoms with Gasteiger partial charge < -0.3 is 45.1 Å². The number of nitrogens with zero attached hydrogens (tertiary/aromatic N) is 3. The summed E-state index contributed by atoms with van der Waals surface area (Å²) in [7, 11) is 1.58. The maximum absolute atomic E-state index is 14.2. The maximum Gasteiger partial charge on any atom is 0.290 e. The van der Waals surface area contributed by atoms with Gasteiger partial charge in [-0.25, -0.2) is 0 Å². The van der Waals surface area contributed by atoms with Gasteiger partial charge in [-0.15, -0.1) is 0 Å². The first-order chi connectivity index (χ1) is 28.0. The van der Waals surface area contributed by atoms with E-state index in [-0.39, 0.29) is 68.2 Å². The van der Waals surface area contributed by atoms with Crippen LogP contribution in [-0.2, 0) is 41.6 Å². The molecular formula is C42H58N6O10. The Labute approximate surface area is 339 Å². The van der Waals surface area contributed by atoms with Crippen molar-refractivity contribution in [1.82, 2.24) is 31.0 Å². The van der Waals surface area contributed by atoms with Gasteiger partial charge in [0.05, 0.1) is 11.5 Å². The summed E-state index contributed by atoms with van der Waals surface area (Å²) in [6.07, 6.45) is 5.27. The Morgan fingerprint density at radius 3 is 2.52 bits per heavy atom. The molecule has 2 aromatic carbocycles. The predicted molar refractivity (Wildman–Crippen MR) is 214 cm³/mol. The number of fused-ring (bicyclic) bond motifs is 17. The Morgan fingerprint density at radius 1 is 1.05 bits per heavy atom. The van der Waals surface area contributed by atoms with Crippen LogP contribution in [0.3, 0.4) is 0 Å². The van der Waals surface area contributed by atoms with Crippen LogP contribution in [0, 0.1) is 12.3 Å². The number of benzene rings is 2. The number of aryl methyl sites for hydroxylation is 2. The molecule has 16 heteroatoms. The fourth-order valence-electron chi connectivity index (χ4n) is 7.12. The van der Waals surface area contributed by atoms with Gasteiger partial charge in [-0.2, -0.15) is 4.98 Å². The summed E-state index contributed by atoms with van der Waals surface area (Å²) in [5.41, 5.74) is 1.80. The molecule has 3 heterocycles. The Bertz CT molecular complexity index is 1760. The van der Waals surface area contributed by atoms with Crippen LogP contribution >= 0.6 is 0 Å². The zero-order chi connectivity index (χ0) is 41.8. The number of hydrogen-bond donors (Lipinski definition) is 5. The number of carbonyl (C=O) groups excluding carboxylic acids is 4. The molecule has 5 N–H and O–H groups in total. The predicted octanol–water partition coefficient (Wildman–Crippen LogP) is 3.38. The topological polar surface area (TPSA) is 223 Å². The van der Waals surface area contributed by atoms with Crippen molar-refractivity contribution in [3.05, 3.63) is 65.5 Å². The van der Waals surface area contributed by atoms with E-state index >= 15 is 0 Å². The molecule has 0 radical (unpaired) electrons. The van der Waals surface area contributed by atoms with E-state index in [2.05, 4.69) is 26.1 Å². The molecule has 1 atom stereocenters. The van der Waals surface area contributed by atoms with Crippen molar-refractivity contribution in [3.8, 4) is 17.1 Å². The molecule has 6 rings (SSSR count). The average Bonchev–Trinajstić information content (AvgIpc) is 3.69. The van der Waals surface area contributed by atoms with Gasteiger partial charge in [0.25, 0.3) is 12.4 Å². The molecule has 1 fully saturated rings. The smallest absolute Gasteiger partial charge is 0.290 e. The highest BCUT2D eigenvalue weighted by molar-refractivity contribution is 5.85. The number of aliphatic hydroxyl groups is 1. The summed E-state index contributed by atoms with van der Waals surface area (Å²) < 4.78 is 16.6. The van der Waals surface area contributed by atoms with Gasteiger partial charge in [-0.05, 0) is 88.5 Å². The van der Waals surface area contributed by atoms with Crippen molar-refractivity contribution in [2.24, 2.45) is 5.41 Å². The highest BCUT2D eigenvalue weighted by atomic mass is 16.5. The largest absolute Gasteiger partial charge is 0.484 e. The molecule has 2 aliphatic heterocycles. The minimum absolute atomic E-state index is 0.0656. The maximum atomic E-state index is 14.2. The Morgan fingerprint density at radius 2 is 1.79 bits per heavy atom. The van der Waals surface area contributed by atoms with E-state index in [1.165, 1.54) is 0 Å². The van der Waals surface area contributed by atoms with Crippen molar-refractivity contribution in [2.45, 2.75) is 96.1 Å². The molecule has 1 aromatic heterocycles. The molecule has 1 saturated carbocycles. The molecule has 16 nitrogen and oxygen atoms in total. The Balaban J connectivity index is 0.00000240. The van der Waals surface area contributed by atoms with Crippen LogP contribution in [0.4, 0.5) is 0 Å². The monoisotopic (exact) mass is 806 g/mol. The quantitative estimate of drug-likeness (QED) is 0.186. The molecule has 0 spiro atoms. The van der Waals surface area contributed by atoms with E-state index in [1.807, 2.05) is 43.3 Å². The van der Waals surface area contributed by atoms with Crippen LogP contribution in [0.1, 0.15) is 81.2 Å². The molecule has 4 amide bonds. The minimum Gasteiger partial charge on any atom is -0.484 e. The number of aromatic nitrogens is 2. The lowest BCUT2D eigenvalue weighted by Crippen LogP contribution is -2.53. The number of methoxy groups -OCH3 is 1. The number of hydrogen-bond acceptors (Lipinski definition) is 11. The van der Waals surface area contributed by atoms with E-state index in [0.717, 1.165) is 16.7 Å². The third-order valence-corrected chi connectivity index (χ3v) is 10.4. The number of nitrogens with one attached hydrogen (secondary N) is 3. The first-order valence-electron chi connectivity index (χ1n) is 20.0. The fourth-order valence-corrected chi connectivity index (χ4v) is 7.12. The molecular weight excluding hydrogens is 748 g/mol. The zero-order valence-corrected chi connectivity index (χ0v) is 33.6. The second-order valence-corrected chi connectivity index (χ2v) is 14.9. The Hall–Kier alpha value is -5.35. The molecule has 316 valence electrons. The molecule has 3 aliphatic rings. The highest BCUT2D eigenvalue weighted by Crippen LogP contribution is 2.30. The summed E-state index contributed by atoms with van der Waals surface area (Å²) in [5.74, 6) is 0.753. The van der Waals surface area contributed by atoms with Crippen molar-refractivity contribution < 1.29 is 48.2 Å². The lowest BCUT2D eigenvalue weighted by atomic mass is 9.77. The van der Waals surface area contributed by atoms with Crippen molar-refractivity contribution in [2.75, 3.05) is 46.5 Å². The fraction of sp³-hybridized carbons (Fsp3) is 0.548. The first kappa shape index (κ1) is 45.4. The summed E-state index contributed by atoms with van der Waals surface area (Å²) in [6, 6.07) is 15.1. The van der Waals surface area contributed by atoms with Gasteiger partial charge in [0.1, 0.15) is 5.75 Å². The van der Waals surface area contributed by atoms with Gasteiger partial charge >= 0.3 is 0 Å². The van der Waals surface area contributed by atoms with Gasteiger partial charge in [0, 0.05) is 70.8 Å². The molecule has 1 unspecified atom stereocenters. The van der Waals surface area contributed by atoms with E-state index < -0.39 is 5.41 Å². The van der Waals surface area contributed by atoms with Crippen LogP contribution in [0.5, 0.6) is 5.75 Å². The summed E-state index contributed by atoms with van der Waals surface area (Å²) in [6.45, 7) is 3.11. The summed E-state index contributed by atoms with van der Waals surface area (Å²) in [4.78, 5) is 68.2. The number of amides is 4. The van der Waals surface area contributed by atoms with Gasteiger partial charge in [-0.1, -0.05) is 41.1 Å². The number of ether oxygens (including phenoxy) is 2. The van der Waals surface area contributed by atoms with Crippen molar-refractivity contribution in [1.29, 1.82) is 0 Å². The molecule has 58 heavy (non-hydrogen) atoms. The van der Waals surface area contributed by atoms with E-state index in [1.54, 1.807) is 24.1 Å². The highest BCUT2D eigenvalue weighted by Gasteiger charge is 2.40. The third kappa shape index (κ3) is 14.9. The summed E-state index contributed by atoms with van der Waals surface area (Å²) >= 11 is 0. The van der Waals surface area contributed by atoms with Crippen LogP contribution in [0.15, 0.2) is 53.1 Å². The number of carboxylic acid groups (broad SMARTS) is 1. The second-order valence-electron chi connectivity index (χ2n) is 14.9.